The predicted molar refractivity (Wildman–Crippen MR) is 106 cm³/mol. The van der Waals surface area contributed by atoms with E-state index in [0.29, 0.717) is 29.2 Å². The van der Waals surface area contributed by atoms with Crippen LogP contribution >= 0.6 is 0 Å². The van der Waals surface area contributed by atoms with Crippen molar-refractivity contribution in [2.75, 3.05) is 25.0 Å². The number of nitrogens with zero attached hydrogens (tertiary/aromatic N) is 1. The Hall–Kier alpha value is -2.54. The zero-order valence-electron chi connectivity index (χ0n) is 15.8. The molecule has 0 bridgehead atoms. The van der Waals surface area contributed by atoms with Crippen LogP contribution in [0, 0.1) is 0 Å². The zero-order valence-corrected chi connectivity index (χ0v) is 15.8. The van der Waals surface area contributed by atoms with E-state index in [1.54, 1.807) is 18.2 Å². The highest BCUT2D eigenvalue weighted by molar-refractivity contribution is 6.10. The van der Waals surface area contributed by atoms with Crippen molar-refractivity contribution in [3.63, 3.8) is 0 Å². The number of carbonyl (C=O) groups excluding carboxylic acids is 2. The molecule has 0 aliphatic heterocycles. The number of anilines is 1. The Morgan fingerprint density at radius 1 is 1.22 bits per heavy atom. The van der Waals surface area contributed by atoms with Crippen molar-refractivity contribution in [2.24, 2.45) is 5.73 Å². The summed E-state index contributed by atoms with van der Waals surface area (Å²) in [6.45, 7) is 4.48. The number of primary amides is 1. The lowest BCUT2D eigenvalue weighted by Gasteiger charge is -2.33. The summed E-state index contributed by atoms with van der Waals surface area (Å²) >= 11 is 0. The van der Waals surface area contributed by atoms with Crippen molar-refractivity contribution in [2.45, 2.75) is 45.1 Å². The minimum Gasteiger partial charge on any atom is -0.449 e. The van der Waals surface area contributed by atoms with E-state index in [4.69, 9.17) is 10.2 Å². The summed E-state index contributed by atoms with van der Waals surface area (Å²) in [5.41, 5.74) is 6.21. The highest BCUT2D eigenvalue weighted by atomic mass is 16.3. The summed E-state index contributed by atoms with van der Waals surface area (Å²) in [4.78, 5) is 26.4. The van der Waals surface area contributed by atoms with Crippen LogP contribution < -0.4 is 16.4 Å². The van der Waals surface area contributed by atoms with Gasteiger partial charge in [-0.1, -0.05) is 38.3 Å². The Kier molecular flexibility index (Phi) is 6.34. The Bertz CT molecular complexity index is 796. The SMILES string of the molecule is CCN(CCNC(=O)Nc1c(C(N)=O)oc2ccccc12)C1CCCCC1. The molecule has 1 aliphatic rings. The van der Waals surface area contributed by atoms with E-state index in [2.05, 4.69) is 22.5 Å². The van der Waals surface area contributed by atoms with Gasteiger partial charge in [0.05, 0.1) is 0 Å². The lowest BCUT2D eigenvalue weighted by Crippen LogP contribution is -2.42. The van der Waals surface area contributed by atoms with Gasteiger partial charge in [-0.25, -0.2) is 4.79 Å². The Labute approximate surface area is 159 Å². The standard InChI is InChI=1S/C20H28N4O3/c1-2-24(14-8-4-3-5-9-14)13-12-22-20(26)23-17-15-10-6-7-11-16(15)27-18(17)19(21)25/h6-7,10-11,14H,2-5,8-9,12-13H2,1H3,(H2,21,25)(H2,22,23,26). The lowest BCUT2D eigenvalue weighted by atomic mass is 9.94. The molecule has 1 fully saturated rings. The Balaban J connectivity index is 1.58. The number of nitrogens with two attached hydrogens (primary N) is 1. The largest absolute Gasteiger partial charge is 0.449 e. The number of hydrogen-bond acceptors (Lipinski definition) is 4. The molecule has 0 saturated heterocycles. The first-order valence-electron chi connectivity index (χ1n) is 9.70. The number of carbonyl (C=O) groups is 2. The molecule has 3 rings (SSSR count). The van der Waals surface area contributed by atoms with Crippen LogP contribution in [-0.2, 0) is 0 Å². The molecular weight excluding hydrogens is 344 g/mol. The summed E-state index contributed by atoms with van der Waals surface area (Å²) in [6, 6.07) is 7.37. The maximum Gasteiger partial charge on any atom is 0.319 e. The van der Waals surface area contributed by atoms with Crippen molar-refractivity contribution >= 4 is 28.6 Å². The molecule has 0 atom stereocenters. The number of furan rings is 1. The van der Waals surface area contributed by atoms with Crippen LogP contribution in [-0.4, -0.2) is 42.5 Å². The molecule has 0 radical (unpaired) electrons. The van der Waals surface area contributed by atoms with Crippen LogP contribution in [0.5, 0.6) is 0 Å². The van der Waals surface area contributed by atoms with Crippen LogP contribution in [0.25, 0.3) is 11.0 Å². The van der Waals surface area contributed by atoms with Crippen LogP contribution in [0.4, 0.5) is 10.5 Å². The molecule has 7 nitrogen and oxygen atoms in total. The maximum absolute atomic E-state index is 12.3. The van der Waals surface area contributed by atoms with Gasteiger partial charge in [-0.3, -0.25) is 9.69 Å². The third kappa shape index (κ3) is 4.60. The lowest BCUT2D eigenvalue weighted by molar-refractivity contribution is 0.0977. The van der Waals surface area contributed by atoms with E-state index in [1.807, 2.05) is 6.07 Å². The fourth-order valence-electron chi connectivity index (χ4n) is 3.86. The fraction of sp³-hybridized carbons (Fsp3) is 0.500. The van der Waals surface area contributed by atoms with E-state index in [0.717, 1.165) is 13.1 Å². The van der Waals surface area contributed by atoms with E-state index >= 15 is 0 Å². The minimum absolute atomic E-state index is 0.0382. The summed E-state index contributed by atoms with van der Waals surface area (Å²) in [5.74, 6) is -0.750. The van der Waals surface area contributed by atoms with E-state index in [-0.39, 0.29) is 11.8 Å². The Morgan fingerprint density at radius 2 is 1.96 bits per heavy atom. The highest BCUT2D eigenvalue weighted by Crippen LogP contribution is 2.30. The molecule has 4 N–H and O–H groups in total. The van der Waals surface area contributed by atoms with Gasteiger partial charge in [0.1, 0.15) is 11.3 Å². The number of benzene rings is 1. The molecule has 1 saturated carbocycles. The van der Waals surface area contributed by atoms with Crippen LogP contribution in [0.2, 0.25) is 0 Å². The molecule has 0 unspecified atom stereocenters. The second-order valence-corrected chi connectivity index (χ2v) is 6.97. The van der Waals surface area contributed by atoms with E-state index in [1.165, 1.54) is 32.1 Å². The third-order valence-corrected chi connectivity index (χ3v) is 5.24. The van der Waals surface area contributed by atoms with E-state index in [9.17, 15) is 9.59 Å². The van der Waals surface area contributed by atoms with Crippen LogP contribution in [0.15, 0.2) is 28.7 Å². The molecule has 1 heterocycles. The molecule has 2 aromatic rings. The number of rotatable bonds is 7. The normalized spacial score (nSPS) is 15.2. The molecular formula is C20H28N4O3. The van der Waals surface area contributed by atoms with Crippen molar-refractivity contribution in [3.05, 3.63) is 30.0 Å². The van der Waals surface area contributed by atoms with Gasteiger partial charge in [-0.05, 0) is 31.5 Å². The van der Waals surface area contributed by atoms with Gasteiger partial charge >= 0.3 is 6.03 Å². The van der Waals surface area contributed by atoms with Crippen molar-refractivity contribution in [3.8, 4) is 0 Å². The number of urea groups is 1. The quantitative estimate of drug-likeness (QED) is 0.694. The highest BCUT2D eigenvalue weighted by Gasteiger charge is 2.21. The smallest absolute Gasteiger partial charge is 0.319 e. The minimum atomic E-state index is -0.712. The number of likely N-dealkylation sites (N-methyl/N-ethyl adjacent to an activating group) is 1. The predicted octanol–water partition coefficient (Wildman–Crippen LogP) is 3.31. The maximum atomic E-state index is 12.3. The summed E-state index contributed by atoms with van der Waals surface area (Å²) in [7, 11) is 0. The number of nitrogens with one attached hydrogen (secondary N) is 2. The zero-order chi connectivity index (χ0) is 19.2. The first-order chi connectivity index (χ1) is 13.1. The second kappa shape index (κ2) is 8.90. The van der Waals surface area contributed by atoms with Gasteiger partial charge in [-0.15, -0.1) is 0 Å². The van der Waals surface area contributed by atoms with Gasteiger partial charge in [0, 0.05) is 24.5 Å². The van der Waals surface area contributed by atoms with Crippen LogP contribution in [0.1, 0.15) is 49.6 Å². The molecule has 1 aliphatic carbocycles. The summed E-state index contributed by atoms with van der Waals surface area (Å²) in [5, 5.41) is 6.24. The molecule has 1 aromatic carbocycles. The molecule has 0 spiro atoms. The molecule has 27 heavy (non-hydrogen) atoms. The topological polar surface area (TPSA) is 101 Å². The first kappa shape index (κ1) is 19.2. The average Bonchev–Trinajstić information content (AvgIpc) is 3.05. The van der Waals surface area contributed by atoms with Gasteiger partial charge in [0.25, 0.3) is 5.91 Å². The number of fused-ring (bicyclic) bond motifs is 1. The van der Waals surface area contributed by atoms with Gasteiger partial charge in [0.15, 0.2) is 0 Å². The van der Waals surface area contributed by atoms with Gasteiger partial charge < -0.3 is 20.8 Å². The number of para-hydroxylation sites is 1. The fourth-order valence-corrected chi connectivity index (χ4v) is 3.86. The molecule has 3 amide bonds. The van der Waals surface area contributed by atoms with Crippen molar-refractivity contribution < 1.29 is 14.0 Å². The molecule has 1 aromatic heterocycles. The van der Waals surface area contributed by atoms with Crippen LogP contribution in [0.3, 0.4) is 0 Å². The first-order valence-corrected chi connectivity index (χ1v) is 9.70. The number of hydrogen-bond donors (Lipinski definition) is 3. The summed E-state index contributed by atoms with van der Waals surface area (Å²) < 4.78 is 5.48. The van der Waals surface area contributed by atoms with Crippen molar-refractivity contribution in [1.29, 1.82) is 0 Å². The van der Waals surface area contributed by atoms with Gasteiger partial charge in [0.2, 0.25) is 5.76 Å². The third-order valence-electron chi connectivity index (χ3n) is 5.24. The summed E-state index contributed by atoms with van der Waals surface area (Å²) in [6.07, 6.45) is 6.39. The molecule has 7 heteroatoms. The second-order valence-electron chi connectivity index (χ2n) is 6.97. The number of amides is 3. The van der Waals surface area contributed by atoms with E-state index < -0.39 is 5.91 Å². The van der Waals surface area contributed by atoms with Gasteiger partial charge in [-0.2, -0.15) is 0 Å². The monoisotopic (exact) mass is 372 g/mol. The molecule has 146 valence electrons. The average molecular weight is 372 g/mol. The Morgan fingerprint density at radius 3 is 2.67 bits per heavy atom. The van der Waals surface area contributed by atoms with Crippen molar-refractivity contribution in [1.82, 2.24) is 10.2 Å².